The van der Waals surface area contributed by atoms with E-state index in [9.17, 15) is 14.4 Å². The molecule has 1 aliphatic rings. The van der Waals surface area contributed by atoms with Gasteiger partial charge in [-0.05, 0) is 24.5 Å². The van der Waals surface area contributed by atoms with Crippen LogP contribution in [0.5, 0.6) is 11.5 Å². The Labute approximate surface area is 169 Å². The molecule has 0 saturated carbocycles. The van der Waals surface area contributed by atoms with Gasteiger partial charge in [0.15, 0.2) is 6.61 Å². The van der Waals surface area contributed by atoms with Gasteiger partial charge in [0.25, 0.3) is 5.91 Å². The van der Waals surface area contributed by atoms with E-state index in [1.54, 1.807) is 24.3 Å². The minimum absolute atomic E-state index is 0.442. The van der Waals surface area contributed by atoms with Gasteiger partial charge in [0, 0.05) is 17.7 Å². The minimum Gasteiger partial charge on any atom is -0.457 e. The van der Waals surface area contributed by atoms with Crippen LogP contribution in [0.4, 0.5) is 4.79 Å². The van der Waals surface area contributed by atoms with E-state index in [0.29, 0.717) is 35.1 Å². The molecule has 0 radical (unpaired) electrons. The average Bonchev–Trinajstić information content (AvgIpc) is 2.69. The van der Waals surface area contributed by atoms with E-state index >= 15 is 0 Å². The molecule has 0 aromatic heterocycles. The molecule has 0 saturated heterocycles. The number of imide groups is 1. The molecule has 0 unspecified atom stereocenters. The normalized spacial score (nSPS) is 12.4. The van der Waals surface area contributed by atoms with E-state index in [1.807, 2.05) is 38.1 Å². The highest BCUT2D eigenvalue weighted by molar-refractivity contribution is 5.96. The Bertz CT molecular complexity index is 864. The van der Waals surface area contributed by atoms with Crippen molar-refractivity contribution in [1.82, 2.24) is 10.6 Å². The molecular formula is C22H24N2O5. The third-order valence-corrected chi connectivity index (χ3v) is 4.52. The Morgan fingerprint density at radius 1 is 1.00 bits per heavy atom. The maximum atomic E-state index is 12.8. The fourth-order valence-electron chi connectivity index (χ4n) is 3.07. The molecule has 0 atom stereocenters. The van der Waals surface area contributed by atoms with Gasteiger partial charge in [0.1, 0.15) is 17.4 Å². The summed E-state index contributed by atoms with van der Waals surface area (Å²) < 4.78 is 11.1. The third kappa shape index (κ3) is 5.13. The summed E-state index contributed by atoms with van der Waals surface area (Å²) in [4.78, 5) is 36.5. The van der Waals surface area contributed by atoms with Crippen LogP contribution in [0, 0.1) is 5.92 Å². The number of rotatable bonds is 6. The lowest BCUT2D eigenvalue weighted by molar-refractivity contribution is -0.149. The number of hydrogen-bond donors (Lipinski definition) is 2. The number of para-hydroxylation sites is 2. The van der Waals surface area contributed by atoms with Crippen molar-refractivity contribution in [3.8, 4) is 11.5 Å². The SMILES string of the molecule is CC(C)CCNC(=O)NC(=O)COC(=O)C1c2ccccc2Oc2ccccc21. The summed E-state index contributed by atoms with van der Waals surface area (Å²) >= 11 is 0. The largest absolute Gasteiger partial charge is 0.457 e. The molecule has 2 aromatic rings. The van der Waals surface area contributed by atoms with Crippen molar-refractivity contribution in [2.45, 2.75) is 26.2 Å². The highest BCUT2D eigenvalue weighted by atomic mass is 16.5. The first-order valence-electron chi connectivity index (χ1n) is 9.55. The van der Waals surface area contributed by atoms with Crippen LogP contribution >= 0.6 is 0 Å². The highest BCUT2D eigenvalue weighted by Crippen LogP contribution is 2.44. The van der Waals surface area contributed by atoms with Crippen LogP contribution in [0.3, 0.4) is 0 Å². The topological polar surface area (TPSA) is 93.7 Å². The second kappa shape index (κ2) is 9.23. The number of carbonyl (C=O) groups excluding carboxylic acids is 3. The molecule has 2 aromatic carbocycles. The van der Waals surface area contributed by atoms with Crippen molar-refractivity contribution in [3.05, 3.63) is 59.7 Å². The molecule has 0 aliphatic carbocycles. The van der Waals surface area contributed by atoms with Gasteiger partial charge >= 0.3 is 12.0 Å². The number of urea groups is 1. The standard InChI is InChI=1S/C22H24N2O5/c1-14(2)11-12-23-22(27)24-19(25)13-28-21(26)20-15-7-3-5-9-17(15)29-18-10-6-4-8-16(18)20/h3-10,14,20H,11-13H2,1-2H3,(H2,23,24,25,27). The minimum atomic E-state index is -0.705. The number of esters is 1. The molecule has 29 heavy (non-hydrogen) atoms. The van der Waals surface area contributed by atoms with Gasteiger partial charge in [-0.1, -0.05) is 50.2 Å². The van der Waals surface area contributed by atoms with Gasteiger partial charge in [-0.2, -0.15) is 0 Å². The van der Waals surface area contributed by atoms with Crippen LogP contribution in [0.15, 0.2) is 48.5 Å². The molecule has 3 rings (SSSR count). The number of nitrogens with one attached hydrogen (secondary N) is 2. The van der Waals surface area contributed by atoms with E-state index in [2.05, 4.69) is 10.6 Å². The zero-order chi connectivity index (χ0) is 20.8. The zero-order valence-corrected chi connectivity index (χ0v) is 16.4. The van der Waals surface area contributed by atoms with Crippen LogP contribution in [0.2, 0.25) is 0 Å². The fourth-order valence-corrected chi connectivity index (χ4v) is 3.07. The molecule has 152 valence electrons. The monoisotopic (exact) mass is 396 g/mol. The first-order valence-corrected chi connectivity index (χ1v) is 9.55. The average molecular weight is 396 g/mol. The lowest BCUT2D eigenvalue weighted by atomic mass is 9.88. The van der Waals surface area contributed by atoms with E-state index in [-0.39, 0.29) is 0 Å². The van der Waals surface area contributed by atoms with Gasteiger partial charge in [-0.25, -0.2) is 4.79 Å². The first-order chi connectivity index (χ1) is 14.0. The predicted octanol–water partition coefficient (Wildman–Crippen LogP) is 3.34. The first kappa shape index (κ1) is 20.4. The molecule has 0 bridgehead atoms. The Morgan fingerprint density at radius 3 is 2.17 bits per heavy atom. The maximum Gasteiger partial charge on any atom is 0.321 e. The molecule has 1 heterocycles. The van der Waals surface area contributed by atoms with Crippen LogP contribution < -0.4 is 15.4 Å². The van der Waals surface area contributed by atoms with Gasteiger partial charge in [-0.3, -0.25) is 14.9 Å². The number of amides is 3. The Morgan fingerprint density at radius 2 is 1.59 bits per heavy atom. The Kier molecular flexibility index (Phi) is 6.49. The number of hydrogen-bond acceptors (Lipinski definition) is 5. The molecule has 0 spiro atoms. The second-order valence-corrected chi connectivity index (χ2v) is 7.21. The summed E-state index contributed by atoms with van der Waals surface area (Å²) in [5, 5.41) is 4.75. The lowest BCUT2D eigenvalue weighted by Gasteiger charge is -2.26. The van der Waals surface area contributed by atoms with Gasteiger partial charge in [0.05, 0.1) is 0 Å². The zero-order valence-electron chi connectivity index (χ0n) is 16.4. The number of ether oxygens (including phenoxy) is 2. The lowest BCUT2D eigenvalue weighted by Crippen LogP contribution is -2.42. The van der Waals surface area contributed by atoms with E-state index in [4.69, 9.17) is 9.47 Å². The number of carbonyl (C=O) groups is 3. The van der Waals surface area contributed by atoms with Crippen molar-refractivity contribution in [2.75, 3.05) is 13.2 Å². The van der Waals surface area contributed by atoms with Gasteiger partial charge in [0.2, 0.25) is 0 Å². The number of benzene rings is 2. The van der Waals surface area contributed by atoms with Crippen LogP contribution in [0.1, 0.15) is 37.3 Å². The van der Waals surface area contributed by atoms with E-state index < -0.39 is 30.4 Å². The van der Waals surface area contributed by atoms with Crippen molar-refractivity contribution < 1.29 is 23.9 Å². The molecule has 2 N–H and O–H groups in total. The van der Waals surface area contributed by atoms with Crippen LogP contribution in [-0.4, -0.2) is 31.1 Å². The van der Waals surface area contributed by atoms with E-state index in [0.717, 1.165) is 6.42 Å². The molecule has 7 heteroatoms. The summed E-state index contributed by atoms with van der Waals surface area (Å²) in [6.07, 6.45) is 0.805. The molecular weight excluding hydrogens is 372 g/mol. The molecule has 1 aliphatic heterocycles. The van der Waals surface area contributed by atoms with Crippen molar-refractivity contribution in [2.24, 2.45) is 5.92 Å². The summed E-state index contributed by atoms with van der Waals surface area (Å²) in [5.41, 5.74) is 1.34. The van der Waals surface area contributed by atoms with E-state index in [1.165, 1.54) is 0 Å². The molecule has 0 fully saturated rings. The maximum absolute atomic E-state index is 12.8. The fraction of sp³-hybridized carbons (Fsp3) is 0.318. The quantitative estimate of drug-likeness (QED) is 0.731. The van der Waals surface area contributed by atoms with Crippen molar-refractivity contribution in [1.29, 1.82) is 0 Å². The summed E-state index contributed by atoms with van der Waals surface area (Å²) in [5.74, 6) is -0.386. The van der Waals surface area contributed by atoms with Crippen molar-refractivity contribution >= 4 is 17.9 Å². The van der Waals surface area contributed by atoms with Crippen LogP contribution in [0.25, 0.3) is 0 Å². The van der Waals surface area contributed by atoms with Gasteiger partial charge < -0.3 is 14.8 Å². The second-order valence-electron chi connectivity index (χ2n) is 7.21. The Balaban J connectivity index is 1.61. The summed E-state index contributed by atoms with van der Waals surface area (Å²) in [6, 6.07) is 13.8. The predicted molar refractivity (Wildman–Crippen MR) is 107 cm³/mol. The Hall–Kier alpha value is -3.35. The van der Waals surface area contributed by atoms with Gasteiger partial charge in [-0.15, -0.1) is 0 Å². The smallest absolute Gasteiger partial charge is 0.321 e. The molecule has 3 amide bonds. The summed E-state index contributed by atoms with van der Waals surface area (Å²) in [6.45, 7) is 4.00. The van der Waals surface area contributed by atoms with Crippen LogP contribution in [-0.2, 0) is 14.3 Å². The molecule has 7 nitrogen and oxygen atoms in total. The summed E-state index contributed by atoms with van der Waals surface area (Å²) in [7, 11) is 0. The van der Waals surface area contributed by atoms with Crippen molar-refractivity contribution in [3.63, 3.8) is 0 Å². The number of fused-ring (bicyclic) bond motifs is 2. The third-order valence-electron chi connectivity index (χ3n) is 4.52. The highest BCUT2D eigenvalue weighted by Gasteiger charge is 2.33.